The summed E-state index contributed by atoms with van der Waals surface area (Å²) in [5, 5.41) is 8.83. The zero-order valence-corrected chi connectivity index (χ0v) is 11.6. The van der Waals surface area contributed by atoms with E-state index in [2.05, 4.69) is 23.2 Å². The molecule has 1 N–H and O–H groups in total. The highest BCUT2D eigenvalue weighted by atomic mass is 32.2. The Morgan fingerprint density at radius 2 is 2.29 bits per heavy atom. The van der Waals surface area contributed by atoms with Gasteiger partial charge in [-0.05, 0) is 29.8 Å². The number of carbonyl (C=O) groups is 1. The second-order valence-corrected chi connectivity index (χ2v) is 6.91. The van der Waals surface area contributed by atoms with E-state index in [1.165, 1.54) is 11.5 Å². The molecule has 0 unspecified atom stereocenters. The van der Waals surface area contributed by atoms with Crippen LogP contribution in [0.5, 0.6) is 0 Å². The van der Waals surface area contributed by atoms with E-state index in [0.29, 0.717) is 5.92 Å². The maximum atomic E-state index is 10.7. The first-order valence-corrected chi connectivity index (χ1v) is 7.45. The van der Waals surface area contributed by atoms with Crippen molar-refractivity contribution >= 4 is 29.3 Å². The maximum absolute atomic E-state index is 10.7. The Balaban J connectivity index is 1.87. The average molecular weight is 272 g/mol. The molecule has 4 nitrogen and oxygen atoms in total. The van der Waals surface area contributed by atoms with Crippen LogP contribution in [-0.2, 0) is 4.79 Å². The van der Waals surface area contributed by atoms with Crippen molar-refractivity contribution in [2.45, 2.75) is 43.4 Å². The van der Waals surface area contributed by atoms with Crippen molar-refractivity contribution in [3.05, 3.63) is 5.82 Å². The maximum Gasteiger partial charge on any atom is 0.303 e. The standard InChI is InChI=1S/C11H16N2O2S2/c1-7(2)9-12-10(17-13-9)16-6-11(3-4-11)5-8(14)15/h7H,3-6H2,1-2H3,(H,14,15). The van der Waals surface area contributed by atoms with E-state index in [1.807, 2.05) is 0 Å². The second kappa shape index (κ2) is 4.94. The van der Waals surface area contributed by atoms with E-state index in [0.717, 1.165) is 28.8 Å². The lowest BCUT2D eigenvalue weighted by Gasteiger charge is -2.09. The van der Waals surface area contributed by atoms with Crippen LogP contribution in [0.1, 0.15) is 44.9 Å². The van der Waals surface area contributed by atoms with Gasteiger partial charge in [0.25, 0.3) is 0 Å². The molecule has 1 aliphatic rings. The first-order valence-electron chi connectivity index (χ1n) is 5.69. The number of nitrogens with zero attached hydrogens (tertiary/aromatic N) is 2. The van der Waals surface area contributed by atoms with Crippen molar-refractivity contribution in [1.82, 2.24) is 9.36 Å². The number of thioether (sulfide) groups is 1. The lowest BCUT2D eigenvalue weighted by molar-refractivity contribution is -0.138. The smallest absolute Gasteiger partial charge is 0.303 e. The molecule has 1 aromatic rings. The summed E-state index contributed by atoms with van der Waals surface area (Å²) in [7, 11) is 0. The van der Waals surface area contributed by atoms with Gasteiger partial charge in [0, 0.05) is 11.7 Å². The summed E-state index contributed by atoms with van der Waals surface area (Å²) in [4.78, 5) is 15.2. The van der Waals surface area contributed by atoms with E-state index in [1.54, 1.807) is 11.8 Å². The predicted octanol–water partition coefficient (Wildman–Crippen LogP) is 3.01. The zero-order chi connectivity index (χ0) is 12.5. The Hall–Kier alpha value is -0.620. The van der Waals surface area contributed by atoms with E-state index in [4.69, 9.17) is 5.11 Å². The van der Waals surface area contributed by atoms with Gasteiger partial charge in [-0.1, -0.05) is 25.6 Å². The Bertz CT molecular complexity index is 413. The largest absolute Gasteiger partial charge is 0.481 e. The first-order chi connectivity index (χ1) is 8.01. The molecule has 0 atom stereocenters. The summed E-state index contributed by atoms with van der Waals surface area (Å²) < 4.78 is 5.25. The molecule has 0 aromatic carbocycles. The number of rotatable bonds is 6. The van der Waals surface area contributed by atoms with Crippen molar-refractivity contribution in [3.8, 4) is 0 Å². The summed E-state index contributed by atoms with van der Waals surface area (Å²) in [5.74, 6) is 1.41. The number of hydrogen-bond donors (Lipinski definition) is 1. The molecule has 0 amide bonds. The molecular formula is C11H16N2O2S2. The summed E-state index contributed by atoms with van der Waals surface area (Å²) >= 11 is 3.07. The normalized spacial score (nSPS) is 17.4. The molecular weight excluding hydrogens is 256 g/mol. The average Bonchev–Trinajstić information content (AvgIpc) is 2.82. The number of carboxylic acids is 1. The molecule has 1 saturated carbocycles. The van der Waals surface area contributed by atoms with Crippen LogP contribution in [0.2, 0.25) is 0 Å². The fourth-order valence-electron chi connectivity index (χ4n) is 1.60. The monoisotopic (exact) mass is 272 g/mol. The van der Waals surface area contributed by atoms with Gasteiger partial charge in [0.1, 0.15) is 5.82 Å². The molecule has 0 aliphatic heterocycles. The van der Waals surface area contributed by atoms with Gasteiger partial charge in [-0.15, -0.1) is 0 Å². The van der Waals surface area contributed by atoms with E-state index >= 15 is 0 Å². The zero-order valence-electron chi connectivity index (χ0n) is 9.97. The van der Waals surface area contributed by atoms with Crippen LogP contribution < -0.4 is 0 Å². The SMILES string of the molecule is CC(C)c1nsc(SCC2(CC(=O)O)CC2)n1. The molecule has 2 rings (SSSR count). The van der Waals surface area contributed by atoms with E-state index in [9.17, 15) is 4.79 Å². The molecule has 1 aliphatic carbocycles. The minimum atomic E-state index is -0.691. The van der Waals surface area contributed by atoms with Crippen molar-refractivity contribution in [2.75, 3.05) is 5.75 Å². The van der Waals surface area contributed by atoms with Gasteiger partial charge < -0.3 is 5.11 Å². The fourth-order valence-corrected chi connectivity index (χ4v) is 3.63. The summed E-state index contributed by atoms with van der Waals surface area (Å²) in [6.07, 6.45) is 2.35. The third-order valence-electron chi connectivity index (χ3n) is 2.92. The molecule has 1 aromatic heterocycles. The molecule has 0 radical (unpaired) electrons. The highest BCUT2D eigenvalue weighted by Crippen LogP contribution is 2.52. The van der Waals surface area contributed by atoms with Crippen LogP contribution in [-0.4, -0.2) is 26.2 Å². The van der Waals surface area contributed by atoms with Gasteiger partial charge in [0.15, 0.2) is 4.34 Å². The van der Waals surface area contributed by atoms with Crippen LogP contribution in [0.15, 0.2) is 4.34 Å². The Kier molecular flexibility index (Phi) is 3.73. The lowest BCUT2D eigenvalue weighted by Crippen LogP contribution is -2.10. The molecule has 1 fully saturated rings. The van der Waals surface area contributed by atoms with Gasteiger partial charge in [0.2, 0.25) is 0 Å². The number of carboxylic acid groups (broad SMARTS) is 1. The molecule has 17 heavy (non-hydrogen) atoms. The van der Waals surface area contributed by atoms with Gasteiger partial charge in [0.05, 0.1) is 6.42 Å². The second-order valence-electron chi connectivity index (χ2n) is 4.93. The van der Waals surface area contributed by atoms with Gasteiger partial charge in [-0.2, -0.15) is 4.37 Å². The van der Waals surface area contributed by atoms with Crippen LogP contribution in [0, 0.1) is 5.41 Å². The summed E-state index contributed by atoms with van der Waals surface area (Å²) in [6, 6.07) is 0. The fraction of sp³-hybridized carbons (Fsp3) is 0.727. The van der Waals surface area contributed by atoms with Crippen molar-refractivity contribution in [2.24, 2.45) is 5.41 Å². The minimum Gasteiger partial charge on any atom is -0.481 e. The molecule has 0 saturated heterocycles. The van der Waals surface area contributed by atoms with Gasteiger partial charge in [-0.25, -0.2) is 4.98 Å². The van der Waals surface area contributed by atoms with Crippen molar-refractivity contribution < 1.29 is 9.90 Å². The number of aliphatic carboxylic acids is 1. The van der Waals surface area contributed by atoms with Crippen LogP contribution >= 0.6 is 23.3 Å². The lowest BCUT2D eigenvalue weighted by atomic mass is 10.1. The van der Waals surface area contributed by atoms with Crippen LogP contribution in [0.25, 0.3) is 0 Å². The molecule has 0 bridgehead atoms. The molecule has 0 spiro atoms. The Morgan fingerprint density at radius 1 is 1.59 bits per heavy atom. The minimum absolute atomic E-state index is 0.0279. The molecule has 6 heteroatoms. The third-order valence-corrected chi connectivity index (χ3v) is 5.12. The number of aromatic nitrogens is 2. The molecule has 94 valence electrons. The molecule has 1 heterocycles. The first kappa shape index (κ1) is 12.8. The summed E-state index contributed by atoms with van der Waals surface area (Å²) in [5.41, 5.74) is 0.0279. The van der Waals surface area contributed by atoms with Crippen LogP contribution in [0.3, 0.4) is 0 Å². The Morgan fingerprint density at radius 3 is 2.76 bits per heavy atom. The van der Waals surface area contributed by atoms with Gasteiger partial charge >= 0.3 is 5.97 Å². The topological polar surface area (TPSA) is 63.1 Å². The Labute approximate surface area is 109 Å². The van der Waals surface area contributed by atoms with Crippen molar-refractivity contribution in [3.63, 3.8) is 0 Å². The summed E-state index contributed by atoms with van der Waals surface area (Å²) in [6.45, 7) is 4.15. The van der Waals surface area contributed by atoms with E-state index < -0.39 is 5.97 Å². The quantitative estimate of drug-likeness (QED) is 0.806. The van der Waals surface area contributed by atoms with E-state index in [-0.39, 0.29) is 11.8 Å². The third kappa shape index (κ3) is 3.42. The highest BCUT2D eigenvalue weighted by Gasteiger charge is 2.44. The van der Waals surface area contributed by atoms with Gasteiger partial charge in [-0.3, -0.25) is 4.79 Å². The van der Waals surface area contributed by atoms with Crippen LogP contribution in [0.4, 0.5) is 0 Å². The van der Waals surface area contributed by atoms with Crippen molar-refractivity contribution in [1.29, 1.82) is 0 Å². The number of hydrogen-bond acceptors (Lipinski definition) is 5. The predicted molar refractivity (Wildman–Crippen MR) is 68.6 cm³/mol. The highest BCUT2D eigenvalue weighted by molar-refractivity contribution is 8.00.